The molecule has 25 heavy (non-hydrogen) atoms. The Morgan fingerprint density at radius 2 is 1.60 bits per heavy atom. The lowest BCUT2D eigenvalue weighted by atomic mass is 10.2. The zero-order chi connectivity index (χ0) is 19.0. The first-order valence-corrected chi connectivity index (χ1v) is 8.09. The van der Waals surface area contributed by atoms with Crippen LogP contribution in [0.4, 0.5) is 4.79 Å². The second-order valence-electron chi connectivity index (χ2n) is 6.69. The van der Waals surface area contributed by atoms with Crippen molar-refractivity contribution in [1.82, 2.24) is 10.6 Å². The van der Waals surface area contributed by atoms with Gasteiger partial charge in [0.25, 0.3) is 0 Å². The molecule has 0 bridgehead atoms. The summed E-state index contributed by atoms with van der Waals surface area (Å²) in [6.45, 7) is 8.35. The van der Waals surface area contributed by atoms with Crippen molar-refractivity contribution in [2.75, 3.05) is 0 Å². The molecule has 0 aromatic heterocycles. The first-order valence-electron chi connectivity index (χ1n) is 8.09. The summed E-state index contributed by atoms with van der Waals surface area (Å²) < 4.78 is 10.2. The lowest BCUT2D eigenvalue weighted by molar-refractivity contribution is -0.158. The molecule has 1 aromatic carbocycles. The summed E-state index contributed by atoms with van der Waals surface area (Å²) in [6, 6.07) is 7.51. The minimum absolute atomic E-state index is 0.106. The molecule has 0 fully saturated rings. The molecule has 2 amide bonds. The molecule has 138 valence electrons. The number of carbonyl (C=O) groups is 3. The number of amides is 2. The quantitative estimate of drug-likeness (QED) is 0.767. The minimum Gasteiger partial charge on any atom is -0.458 e. The van der Waals surface area contributed by atoms with E-state index in [0.717, 1.165) is 5.56 Å². The molecule has 0 unspecified atom stereocenters. The number of ether oxygens (including phenoxy) is 2. The van der Waals surface area contributed by atoms with E-state index in [1.807, 2.05) is 30.3 Å². The van der Waals surface area contributed by atoms with Crippen molar-refractivity contribution in [1.29, 1.82) is 0 Å². The van der Waals surface area contributed by atoms with Gasteiger partial charge in [-0.1, -0.05) is 30.3 Å². The third-order valence-electron chi connectivity index (χ3n) is 3.06. The molecule has 0 aliphatic heterocycles. The SMILES string of the molecule is C[C@H](NC(=O)OCc1ccccc1)C(=O)N[C@@H](C)C(=O)OC(C)(C)C. The van der Waals surface area contributed by atoms with E-state index in [1.165, 1.54) is 13.8 Å². The normalized spacial score (nSPS) is 13.3. The summed E-state index contributed by atoms with van der Waals surface area (Å²) in [5.41, 5.74) is 0.203. The second kappa shape index (κ2) is 9.05. The Bertz CT molecular complexity index is 595. The first-order chi connectivity index (χ1) is 11.6. The van der Waals surface area contributed by atoms with Gasteiger partial charge in [0, 0.05) is 0 Å². The molecular formula is C18H26N2O5. The van der Waals surface area contributed by atoms with E-state index >= 15 is 0 Å². The highest BCUT2D eigenvalue weighted by atomic mass is 16.6. The largest absolute Gasteiger partial charge is 0.458 e. The van der Waals surface area contributed by atoms with Crippen LogP contribution in [0.1, 0.15) is 40.2 Å². The second-order valence-corrected chi connectivity index (χ2v) is 6.69. The van der Waals surface area contributed by atoms with Crippen molar-refractivity contribution in [2.45, 2.75) is 58.9 Å². The number of hydrogen-bond donors (Lipinski definition) is 2. The van der Waals surface area contributed by atoms with Crippen LogP contribution in [0, 0.1) is 0 Å². The van der Waals surface area contributed by atoms with Crippen LogP contribution < -0.4 is 10.6 Å². The Labute approximate surface area is 148 Å². The van der Waals surface area contributed by atoms with Gasteiger partial charge >= 0.3 is 12.1 Å². The molecule has 0 saturated heterocycles. The van der Waals surface area contributed by atoms with Crippen molar-refractivity contribution in [3.63, 3.8) is 0 Å². The van der Waals surface area contributed by atoms with Crippen molar-refractivity contribution in [3.8, 4) is 0 Å². The van der Waals surface area contributed by atoms with E-state index in [2.05, 4.69) is 10.6 Å². The molecule has 2 N–H and O–H groups in total. The van der Waals surface area contributed by atoms with Gasteiger partial charge in [-0.25, -0.2) is 9.59 Å². The monoisotopic (exact) mass is 350 g/mol. The smallest absolute Gasteiger partial charge is 0.408 e. The molecule has 0 saturated carbocycles. The number of nitrogens with one attached hydrogen (secondary N) is 2. The molecule has 0 aliphatic rings. The minimum atomic E-state index is -0.854. The predicted octanol–water partition coefficient (Wildman–Crippen LogP) is 2.15. The number of alkyl carbamates (subject to hydrolysis) is 1. The van der Waals surface area contributed by atoms with E-state index in [9.17, 15) is 14.4 Å². The van der Waals surface area contributed by atoms with Crippen LogP contribution in [0.25, 0.3) is 0 Å². The molecule has 2 atom stereocenters. The lowest BCUT2D eigenvalue weighted by Crippen LogP contribution is -2.50. The number of esters is 1. The zero-order valence-electron chi connectivity index (χ0n) is 15.3. The number of benzene rings is 1. The van der Waals surface area contributed by atoms with Crippen LogP contribution in [-0.2, 0) is 25.7 Å². The van der Waals surface area contributed by atoms with Crippen molar-refractivity contribution in [2.24, 2.45) is 0 Å². The van der Waals surface area contributed by atoms with Gasteiger partial charge in [0.1, 0.15) is 24.3 Å². The fourth-order valence-electron chi connectivity index (χ4n) is 1.79. The summed E-state index contributed by atoms with van der Waals surface area (Å²) in [5.74, 6) is -1.05. The van der Waals surface area contributed by atoms with Crippen LogP contribution in [-0.4, -0.2) is 35.7 Å². The first kappa shape index (κ1) is 20.5. The van der Waals surface area contributed by atoms with Crippen LogP contribution in [0.15, 0.2) is 30.3 Å². The summed E-state index contributed by atoms with van der Waals surface area (Å²) in [4.78, 5) is 35.6. The van der Waals surface area contributed by atoms with E-state index in [0.29, 0.717) is 0 Å². The highest BCUT2D eigenvalue weighted by Crippen LogP contribution is 2.08. The molecule has 0 spiro atoms. The van der Waals surface area contributed by atoms with Crippen LogP contribution in [0.3, 0.4) is 0 Å². The predicted molar refractivity (Wildman–Crippen MR) is 92.7 cm³/mol. The molecule has 1 aromatic rings. The van der Waals surface area contributed by atoms with Crippen molar-refractivity contribution >= 4 is 18.0 Å². The molecular weight excluding hydrogens is 324 g/mol. The zero-order valence-corrected chi connectivity index (χ0v) is 15.3. The van der Waals surface area contributed by atoms with E-state index in [1.54, 1.807) is 20.8 Å². The van der Waals surface area contributed by atoms with Crippen molar-refractivity contribution in [3.05, 3.63) is 35.9 Å². The topological polar surface area (TPSA) is 93.7 Å². The number of hydrogen-bond acceptors (Lipinski definition) is 5. The number of carbonyl (C=O) groups excluding carboxylic acids is 3. The fraction of sp³-hybridized carbons (Fsp3) is 0.500. The van der Waals surface area contributed by atoms with E-state index in [-0.39, 0.29) is 6.61 Å². The van der Waals surface area contributed by atoms with Gasteiger partial charge < -0.3 is 20.1 Å². The highest BCUT2D eigenvalue weighted by Gasteiger charge is 2.25. The molecule has 0 heterocycles. The highest BCUT2D eigenvalue weighted by molar-refractivity contribution is 5.89. The standard InChI is InChI=1S/C18H26N2O5/c1-12(15(21)19-13(2)16(22)25-18(3,4)5)20-17(23)24-11-14-9-7-6-8-10-14/h6-10,12-13H,11H2,1-5H3,(H,19,21)(H,20,23)/t12-,13-/m0/s1. The Balaban J connectivity index is 2.40. The Hall–Kier alpha value is -2.57. The third kappa shape index (κ3) is 8.19. The van der Waals surface area contributed by atoms with Gasteiger partial charge in [-0.2, -0.15) is 0 Å². The van der Waals surface area contributed by atoms with Gasteiger partial charge in [-0.05, 0) is 40.2 Å². The summed E-state index contributed by atoms with van der Waals surface area (Å²) in [5, 5.41) is 4.91. The Kier molecular flexibility index (Phi) is 7.42. The lowest BCUT2D eigenvalue weighted by Gasteiger charge is -2.23. The van der Waals surface area contributed by atoms with Crippen LogP contribution in [0.5, 0.6) is 0 Å². The summed E-state index contributed by atoms with van der Waals surface area (Å²) in [6.07, 6.45) is -0.712. The Morgan fingerprint density at radius 3 is 2.16 bits per heavy atom. The van der Waals surface area contributed by atoms with Gasteiger partial charge in [-0.15, -0.1) is 0 Å². The van der Waals surface area contributed by atoms with E-state index in [4.69, 9.17) is 9.47 Å². The third-order valence-corrected chi connectivity index (χ3v) is 3.06. The molecule has 1 rings (SSSR count). The van der Waals surface area contributed by atoms with Crippen LogP contribution >= 0.6 is 0 Å². The van der Waals surface area contributed by atoms with Crippen molar-refractivity contribution < 1.29 is 23.9 Å². The number of rotatable bonds is 6. The van der Waals surface area contributed by atoms with Gasteiger partial charge in [0.15, 0.2) is 0 Å². The maximum Gasteiger partial charge on any atom is 0.408 e. The van der Waals surface area contributed by atoms with Gasteiger partial charge in [-0.3, -0.25) is 4.79 Å². The maximum absolute atomic E-state index is 12.0. The van der Waals surface area contributed by atoms with Gasteiger partial charge in [0.05, 0.1) is 0 Å². The average molecular weight is 350 g/mol. The van der Waals surface area contributed by atoms with Crippen LogP contribution in [0.2, 0.25) is 0 Å². The molecule has 0 radical (unpaired) electrons. The average Bonchev–Trinajstić information content (AvgIpc) is 2.52. The van der Waals surface area contributed by atoms with Gasteiger partial charge in [0.2, 0.25) is 5.91 Å². The van der Waals surface area contributed by atoms with E-state index < -0.39 is 35.7 Å². The molecule has 7 nitrogen and oxygen atoms in total. The Morgan fingerprint density at radius 1 is 1.00 bits per heavy atom. The molecule has 0 aliphatic carbocycles. The summed E-state index contributed by atoms with van der Waals surface area (Å²) >= 11 is 0. The molecule has 7 heteroatoms. The maximum atomic E-state index is 12.0. The summed E-state index contributed by atoms with van der Waals surface area (Å²) in [7, 11) is 0. The fourth-order valence-corrected chi connectivity index (χ4v) is 1.79.